The van der Waals surface area contributed by atoms with Crippen molar-refractivity contribution in [2.24, 2.45) is 0 Å². The minimum absolute atomic E-state index is 0.307. The topological polar surface area (TPSA) is 112 Å². The molecule has 15 aromatic carbocycles. The zero-order valence-corrected chi connectivity index (χ0v) is 67.5. The van der Waals surface area contributed by atoms with E-state index in [0.717, 1.165) is 109 Å². The van der Waals surface area contributed by atoms with Gasteiger partial charge in [0, 0.05) is 34.7 Å². The van der Waals surface area contributed by atoms with Gasteiger partial charge in [-0.05, 0) is 29.0 Å². The molecule has 7 aromatic heterocycles. The van der Waals surface area contributed by atoms with Crippen LogP contribution in [0.15, 0.2) is 389 Å². The van der Waals surface area contributed by atoms with Crippen LogP contribution in [0.4, 0.5) is 0 Å². The minimum Gasteiger partial charge on any atom is -0.0615 e. The molecule has 0 bridgehead atoms. The summed E-state index contributed by atoms with van der Waals surface area (Å²) in [5.74, 6) is 0. The monoisotopic (exact) mass is 1660 g/mol. The van der Waals surface area contributed by atoms with Crippen molar-refractivity contribution >= 4 is 234 Å². The van der Waals surface area contributed by atoms with Gasteiger partial charge in [-0.3, -0.25) is 4.98 Å². The molecule has 0 aliphatic carbocycles. The Morgan fingerprint density at radius 3 is 1.19 bits per heavy atom. The van der Waals surface area contributed by atoms with Gasteiger partial charge in [-0.15, -0.1) is 0 Å². The Balaban J connectivity index is 0.000000142. The molecule has 16 heteroatoms. The Labute approximate surface area is 665 Å². The fourth-order valence-corrected chi connectivity index (χ4v) is 33.1. The number of fused-ring (bicyclic) bond motifs is 21. The van der Waals surface area contributed by atoms with Crippen molar-refractivity contribution in [3.63, 3.8) is 0 Å². The Morgan fingerprint density at radius 1 is 0.274 bits per heavy atom. The van der Waals surface area contributed by atoms with Crippen LogP contribution in [0.2, 0.25) is 0 Å². The van der Waals surface area contributed by atoms with E-state index in [9.17, 15) is 0 Å². The van der Waals surface area contributed by atoms with E-state index in [0.29, 0.717) is 26.8 Å². The van der Waals surface area contributed by atoms with Gasteiger partial charge < -0.3 is 0 Å². The first kappa shape index (κ1) is 69.1. The first-order valence-electron chi connectivity index (χ1n) is 37.4. The van der Waals surface area contributed by atoms with Gasteiger partial charge in [-0.25, -0.2) is 0 Å². The molecule has 0 fully saturated rings. The van der Waals surface area contributed by atoms with Crippen molar-refractivity contribution in [3.8, 4) is 0 Å². The van der Waals surface area contributed by atoms with Crippen LogP contribution in [0.1, 0.15) is 0 Å². The Hall–Kier alpha value is -11.9. The molecular weight excluding hydrogens is 1590 g/mol. The molecule has 0 spiro atoms. The molecule has 0 aliphatic rings. The van der Waals surface area contributed by atoms with Gasteiger partial charge in [-0.1, -0.05) is 84.9 Å². The molecule has 7 heterocycles. The van der Waals surface area contributed by atoms with Crippen molar-refractivity contribution in [2.75, 3.05) is 0 Å². The first-order chi connectivity index (χ1) is 55.6. The molecule has 2 atom stereocenters. The van der Waals surface area contributed by atoms with Crippen molar-refractivity contribution in [1.29, 1.82) is 0 Å². The summed E-state index contributed by atoms with van der Waals surface area (Å²) < 4.78 is 39.0. The zero-order chi connectivity index (χ0) is 75.6. The third kappa shape index (κ3) is 10.9. The van der Waals surface area contributed by atoms with E-state index in [1.54, 1.807) is 18.6 Å². The van der Waals surface area contributed by atoms with Crippen LogP contribution in [0.25, 0.3) is 120 Å². The second-order valence-electron chi connectivity index (χ2n) is 28.4. The zero-order valence-electron chi connectivity index (χ0n) is 60.4. The summed E-state index contributed by atoms with van der Waals surface area (Å²) in [5, 5.41) is 22.3. The predicted molar refractivity (Wildman–Crippen MR) is 480 cm³/mol. The van der Waals surface area contributed by atoms with Crippen molar-refractivity contribution < 1.29 is 9.13 Å². The number of rotatable bonds is 12. The Morgan fingerprint density at radius 2 is 0.673 bits per heavy atom. The number of hydrogen-bond donors (Lipinski definition) is 0. The number of imidazole rings is 2. The molecule has 22 aromatic rings. The van der Waals surface area contributed by atoms with Gasteiger partial charge in [0.1, 0.15) is 0 Å². The van der Waals surface area contributed by atoms with E-state index >= 15 is 9.13 Å². The molecule has 0 saturated carbocycles. The van der Waals surface area contributed by atoms with Gasteiger partial charge in [-0.2, -0.15) is 0 Å². The van der Waals surface area contributed by atoms with Crippen LogP contribution in [-0.2, 0) is 9.13 Å². The Bertz CT molecular complexity index is 7640. The normalized spacial score (nSPS) is 13.2. The van der Waals surface area contributed by atoms with Gasteiger partial charge in [0.15, 0.2) is 0 Å². The molecule has 0 N–H and O–H groups in total. The maximum absolute atomic E-state index is 16.3. The number of aromatic nitrogens is 8. The third-order valence-electron chi connectivity index (χ3n) is 22.2. The fraction of sp³-hybridized carbons (Fsp3) is 0. The van der Waals surface area contributed by atoms with E-state index in [1.807, 2.05) is 109 Å². The average molecular weight is 1660 g/mol. The molecule has 536 valence electrons. The van der Waals surface area contributed by atoms with E-state index in [4.69, 9.17) is 19.9 Å². The summed E-state index contributed by atoms with van der Waals surface area (Å²) in [6.45, 7) is 0. The van der Waals surface area contributed by atoms with E-state index < -0.39 is 25.5 Å². The van der Waals surface area contributed by atoms with Crippen LogP contribution in [0, 0.1) is 0 Å². The quantitative estimate of drug-likeness (QED) is 0.0680. The van der Waals surface area contributed by atoms with Crippen molar-refractivity contribution in [2.45, 2.75) is 0 Å². The first-order valence-corrected chi connectivity index (χ1v) is 48.7. The second-order valence-corrected chi connectivity index (χ2v) is 46.0. The summed E-state index contributed by atoms with van der Waals surface area (Å²) in [5.41, 5.74) is 5.76. The minimum atomic E-state index is -3.60. The summed E-state index contributed by atoms with van der Waals surface area (Å²) in [6, 6.07) is 129. The molecule has 10 nitrogen and oxygen atoms in total. The summed E-state index contributed by atoms with van der Waals surface area (Å²) >= 11 is 7.58. The average Bonchev–Trinajstić information content (AvgIpc) is 1.62. The molecule has 0 aliphatic heterocycles. The standard InChI is InChI=1S/C49H32N4OP2Se.C48H32N4OP2Se/c54-55(38-27-26-33-14-7-8-15-34(33)30-38,49-50-32-35-16-9-11-23-42(35)52-49)39-28-29-45-43(31-39)51-48-41-22-13-25-46(47(41)40-21-10-12-24-44(40)53(45)48)56(57,36-17-3-1-4-18-36)37-19-5-2-6-20-37;53-55(35-28-30-49-31-29-35,52-43-23-11-7-18-37(43)38-19-8-12-24-44(38)52)36-26-27-45-41(32-36)50-48-40-21-13-25-46(47(40)39-20-9-10-22-42(39)51(45)48)54(56,33-14-3-1-4-15-33)34-16-5-2-6-17-34/h1-32H;1-32H. The summed E-state index contributed by atoms with van der Waals surface area (Å²) in [6.07, 6.45) is 5.24. The number of para-hydroxylation sites is 5. The third-order valence-corrected chi connectivity index (χ3v) is 42.0. The molecule has 22 rings (SSSR count). The summed E-state index contributed by atoms with van der Waals surface area (Å²) in [7, 11) is -7.13. The second kappa shape index (κ2) is 27.5. The van der Waals surface area contributed by atoms with Gasteiger partial charge in [0.05, 0.1) is 5.52 Å². The maximum atomic E-state index is 16.3. The van der Waals surface area contributed by atoms with Gasteiger partial charge >= 0.3 is 511 Å². The van der Waals surface area contributed by atoms with E-state index in [-0.39, 0.29) is 0 Å². The van der Waals surface area contributed by atoms with E-state index in [2.05, 4.69) is 309 Å². The van der Waals surface area contributed by atoms with Crippen molar-refractivity contribution in [1.82, 2.24) is 38.1 Å². The number of hydrogen-bond acceptors (Lipinski definition) is 7. The summed E-state index contributed by atoms with van der Waals surface area (Å²) in [4.78, 5) is 25.0. The van der Waals surface area contributed by atoms with Gasteiger partial charge in [0.25, 0.3) is 0 Å². The van der Waals surface area contributed by atoms with Crippen LogP contribution in [0.5, 0.6) is 0 Å². The SMILES string of the molecule is O=P(c1ccc2ccccc2c1)(c1ccc2c(c1)nc1c3cccc(P(=[Se])(c4ccccc4)c4ccccc4)c3c3ccccc3n21)c1ncc2ccccc2n1.O=P(c1ccncc1)(c1ccc2c(c1)nc1c3cccc(P(=[Se])(c4ccccc4)c4ccccc4)c3c3ccccc3n21)n1c2ccccc2c2ccccc21. The molecule has 0 radical (unpaired) electrons. The number of benzene rings is 15. The molecule has 113 heavy (non-hydrogen) atoms. The number of pyridine rings is 3. The smallest absolute Gasteiger partial charge is 0.0615 e. The van der Waals surface area contributed by atoms with Crippen LogP contribution in [0.3, 0.4) is 0 Å². The Kier molecular flexibility index (Phi) is 16.8. The van der Waals surface area contributed by atoms with Crippen molar-refractivity contribution in [3.05, 3.63) is 389 Å². The van der Waals surface area contributed by atoms with Crippen LogP contribution >= 0.6 is 25.5 Å². The van der Waals surface area contributed by atoms with Crippen LogP contribution < -0.4 is 58.6 Å². The fourth-order valence-electron chi connectivity index (χ4n) is 17.1. The molecule has 2 unspecified atom stereocenters. The molecular formula is C97H64N8O2P4Se2. The number of nitrogens with zero attached hydrogens (tertiary/aromatic N) is 8. The van der Waals surface area contributed by atoms with E-state index in [1.165, 1.54) is 42.6 Å². The van der Waals surface area contributed by atoms with Gasteiger partial charge in [0.2, 0.25) is 0 Å². The molecule has 0 saturated heterocycles. The predicted octanol–water partition coefficient (Wildman–Crippen LogP) is 18.4. The molecule has 0 amide bonds. The van der Waals surface area contributed by atoms with Crippen LogP contribution in [-0.4, -0.2) is 68.3 Å².